The van der Waals surface area contributed by atoms with Crippen molar-refractivity contribution in [3.63, 3.8) is 0 Å². The van der Waals surface area contributed by atoms with Crippen LogP contribution in [0.3, 0.4) is 0 Å². The molecule has 34 heavy (non-hydrogen) atoms. The van der Waals surface area contributed by atoms with Crippen LogP contribution in [0.15, 0.2) is 60.8 Å². The number of ether oxygens (including phenoxy) is 4. The highest BCUT2D eigenvalue weighted by Crippen LogP contribution is 2.30. The van der Waals surface area contributed by atoms with Crippen molar-refractivity contribution in [1.82, 2.24) is 15.6 Å². The van der Waals surface area contributed by atoms with Crippen molar-refractivity contribution in [3.8, 4) is 28.9 Å². The molecule has 1 atom stereocenters. The summed E-state index contributed by atoms with van der Waals surface area (Å²) in [6, 6.07) is 15.6. The van der Waals surface area contributed by atoms with Crippen molar-refractivity contribution in [2.45, 2.75) is 19.6 Å². The molecule has 1 unspecified atom stereocenters. The summed E-state index contributed by atoms with van der Waals surface area (Å²) in [5.41, 5.74) is 1.31. The molecule has 1 aromatic heterocycles. The molecule has 0 saturated heterocycles. The van der Waals surface area contributed by atoms with Crippen LogP contribution >= 0.6 is 0 Å². The third kappa shape index (κ3) is 6.76. The lowest BCUT2D eigenvalue weighted by molar-refractivity contribution is 0.169. The highest BCUT2D eigenvalue weighted by atomic mass is 16.5. The molecular formula is C25H29N3O6. The first-order valence-corrected chi connectivity index (χ1v) is 10.8. The maximum Gasteiger partial charge on any atom is 0.315 e. The first-order chi connectivity index (χ1) is 16.5. The van der Waals surface area contributed by atoms with Crippen LogP contribution in [0.4, 0.5) is 4.79 Å². The number of amides is 2. The summed E-state index contributed by atoms with van der Waals surface area (Å²) in [5, 5.41) is 15.9. The molecule has 180 valence electrons. The molecule has 0 radical (unpaired) electrons. The number of hydrogen-bond donors (Lipinski definition) is 3. The number of methoxy groups -OCH3 is 2. The number of nitrogens with one attached hydrogen (secondary N) is 2. The molecule has 3 rings (SSSR count). The van der Waals surface area contributed by atoms with Crippen LogP contribution in [0.25, 0.3) is 0 Å². The SMILES string of the molecule is CCOc1ccccc1Oc1ccc(CNC(=O)NCC(O)c2cc(OC)ccc2OC)cn1. The van der Waals surface area contributed by atoms with Crippen molar-refractivity contribution in [2.75, 3.05) is 27.4 Å². The lowest BCUT2D eigenvalue weighted by Gasteiger charge is -2.17. The molecule has 3 N–H and O–H groups in total. The minimum Gasteiger partial charge on any atom is -0.497 e. The highest BCUT2D eigenvalue weighted by Gasteiger charge is 2.16. The number of benzene rings is 2. The number of nitrogens with zero attached hydrogens (tertiary/aromatic N) is 1. The second-order valence-electron chi connectivity index (χ2n) is 7.17. The predicted octanol–water partition coefficient (Wildman–Crippen LogP) is 3.82. The monoisotopic (exact) mass is 467 g/mol. The summed E-state index contributed by atoms with van der Waals surface area (Å²) in [7, 11) is 3.05. The Morgan fingerprint density at radius 3 is 2.47 bits per heavy atom. The van der Waals surface area contributed by atoms with E-state index < -0.39 is 12.1 Å². The average Bonchev–Trinajstić information content (AvgIpc) is 2.87. The number of urea groups is 1. The molecule has 1 heterocycles. The van der Waals surface area contributed by atoms with Gasteiger partial charge in [-0.1, -0.05) is 18.2 Å². The molecule has 2 aromatic carbocycles. The van der Waals surface area contributed by atoms with E-state index in [1.807, 2.05) is 37.3 Å². The Bertz CT molecular complexity index is 1070. The van der Waals surface area contributed by atoms with Crippen LogP contribution < -0.4 is 29.6 Å². The number of aromatic nitrogens is 1. The van der Waals surface area contributed by atoms with E-state index in [0.717, 1.165) is 5.56 Å². The molecule has 0 aliphatic rings. The van der Waals surface area contributed by atoms with Gasteiger partial charge in [-0.05, 0) is 42.8 Å². The quantitative estimate of drug-likeness (QED) is 0.393. The van der Waals surface area contributed by atoms with Gasteiger partial charge < -0.3 is 34.7 Å². The zero-order chi connectivity index (χ0) is 24.3. The van der Waals surface area contributed by atoms with Gasteiger partial charge in [-0.15, -0.1) is 0 Å². The van der Waals surface area contributed by atoms with Gasteiger partial charge in [-0.25, -0.2) is 9.78 Å². The van der Waals surface area contributed by atoms with E-state index in [9.17, 15) is 9.90 Å². The van der Waals surface area contributed by atoms with Crippen LogP contribution in [0.1, 0.15) is 24.2 Å². The highest BCUT2D eigenvalue weighted by molar-refractivity contribution is 5.73. The fraction of sp³-hybridized carbons (Fsp3) is 0.280. The fourth-order valence-electron chi connectivity index (χ4n) is 3.14. The first-order valence-electron chi connectivity index (χ1n) is 10.8. The normalized spacial score (nSPS) is 11.3. The number of rotatable bonds is 11. The number of carbonyl (C=O) groups is 1. The average molecular weight is 468 g/mol. The molecule has 0 aliphatic carbocycles. The summed E-state index contributed by atoms with van der Waals surface area (Å²) in [6.07, 6.45) is 0.656. The number of aliphatic hydroxyl groups excluding tert-OH is 1. The Hall–Kier alpha value is -3.98. The van der Waals surface area contributed by atoms with Gasteiger partial charge in [0.2, 0.25) is 5.88 Å². The number of para-hydroxylation sites is 2. The maximum absolute atomic E-state index is 12.2. The summed E-state index contributed by atoms with van der Waals surface area (Å²) in [6.45, 7) is 2.70. The molecular weight excluding hydrogens is 438 g/mol. The van der Waals surface area contributed by atoms with E-state index in [0.29, 0.717) is 41.0 Å². The molecule has 0 fully saturated rings. The lowest BCUT2D eigenvalue weighted by Crippen LogP contribution is -2.37. The zero-order valence-electron chi connectivity index (χ0n) is 19.4. The molecule has 0 bridgehead atoms. The number of pyridine rings is 1. The first kappa shape index (κ1) is 24.7. The lowest BCUT2D eigenvalue weighted by atomic mass is 10.1. The van der Waals surface area contributed by atoms with E-state index in [-0.39, 0.29) is 13.1 Å². The summed E-state index contributed by atoms with van der Waals surface area (Å²) in [4.78, 5) is 16.5. The van der Waals surface area contributed by atoms with Crippen LogP contribution in [0.5, 0.6) is 28.9 Å². The zero-order valence-corrected chi connectivity index (χ0v) is 19.4. The Balaban J connectivity index is 1.49. The van der Waals surface area contributed by atoms with E-state index in [4.69, 9.17) is 18.9 Å². The van der Waals surface area contributed by atoms with Gasteiger partial charge in [0.1, 0.15) is 17.6 Å². The molecule has 9 heteroatoms. The largest absolute Gasteiger partial charge is 0.497 e. The van der Waals surface area contributed by atoms with Gasteiger partial charge in [-0.3, -0.25) is 0 Å². The fourth-order valence-corrected chi connectivity index (χ4v) is 3.14. The van der Waals surface area contributed by atoms with E-state index >= 15 is 0 Å². The summed E-state index contributed by atoms with van der Waals surface area (Å²) >= 11 is 0. The van der Waals surface area contributed by atoms with Crippen molar-refractivity contribution < 1.29 is 28.8 Å². The predicted molar refractivity (Wildman–Crippen MR) is 127 cm³/mol. The number of carbonyl (C=O) groups excluding carboxylic acids is 1. The van der Waals surface area contributed by atoms with Crippen LogP contribution in [0.2, 0.25) is 0 Å². The summed E-state index contributed by atoms with van der Waals surface area (Å²) in [5.74, 6) is 2.72. The van der Waals surface area contributed by atoms with Gasteiger partial charge >= 0.3 is 6.03 Å². The molecule has 0 aliphatic heterocycles. The van der Waals surface area contributed by atoms with Crippen molar-refractivity contribution in [1.29, 1.82) is 0 Å². The van der Waals surface area contributed by atoms with E-state index in [2.05, 4.69) is 15.6 Å². The topological polar surface area (TPSA) is 111 Å². The van der Waals surface area contributed by atoms with Gasteiger partial charge in [0, 0.05) is 30.9 Å². The maximum atomic E-state index is 12.2. The minimum atomic E-state index is -0.964. The number of aliphatic hydroxyl groups is 1. The summed E-state index contributed by atoms with van der Waals surface area (Å²) < 4.78 is 21.8. The van der Waals surface area contributed by atoms with Crippen LogP contribution in [0, 0.1) is 0 Å². The van der Waals surface area contributed by atoms with Crippen molar-refractivity contribution in [3.05, 3.63) is 71.9 Å². The Morgan fingerprint density at radius 2 is 1.79 bits per heavy atom. The molecule has 2 amide bonds. The Labute approximate surface area is 198 Å². The molecule has 3 aromatic rings. The molecule has 0 spiro atoms. The van der Waals surface area contributed by atoms with Gasteiger partial charge in [0.05, 0.1) is 20.8 Å². The van der Waals surface area contributed by atoms with Crippen LogP contribution in [-0.4, -0.2) is 43.5 Å². The second kappa shape index (κ2) is 12.3. The van der Waals surface area contributed by atoms with Crippen molar-refractivity contribution >= 4 is 6.03 Å². The molecule has 9 nitrogen and oxygen atoms in total. The Morgan fingerprint density at radius 1 is 1.00 bits per heavy atom. The number of hydrogen-bond acceptors (Lipinski definition) is 7. The van der Waals surface area contributed by atoms with Crippen LogP contribution in [-0.2, 0) is 6.54 Å². The van der Waals surface area contributed by atoms with E-state index in [1.54, 1.807) is 30.5 Å². The van der Waals surface area contributed by atoms with Gasteiger partial charge in [-0.2, -0.15) is 0 Å². The van der Waals surface area contributed by atoms with E-state index in [1.165, 1.54) is 14.2 Å². The third-order valence-corrected chi connectivity index (χ3v) is 4.87. The van der Waals surface area contributed by atoms with Gasteiger partial charge in [0.15, 0.2) is 11.5 Å². The third-order valence-electron chi connectivity index (χ3n) is 4.87. The standard InChI is InChI=1S/C25H29N3O6/c1-4-33-22-7-5-6-8-23(22)34-24-12-9-17(14-26-24)15-27-25(30)28-16-20(29)19-13-18(31-2)10-11-21(19)32-3/h5-14,20,29H,4,15-16H2,1-3H3,(H2,27,28,30). The molecule has 0 saturated carbocycles. The van der Waals surface area contributed by atoms with Gasteiger partial charge in [0.25, 0.3) is 0 Å². The van der Waals surface area contributed by atoms with Crippen molar-refractivity contribution in [2.24, 2.45) is 0 Å². The minimum absolute atomic E-state index is 0.000368. The second-order valence-corrected chi connectivity index (χ2v) is 7.17. The smallest absolute Gasteiger partial charge is 0.315 e. The Kier molecular flexibility index (Phi) is 8.93.